The van der Waals surface area contributed by atoms with Gasteiger partial charge in [0.2, 0.25) is 15.9 Å². The first-order chi connectivity index (χ1) is 12.2. The van der Waals surface area contributed by atoms with Gasteiger partial charge in [-0.25, -0.2) is 13.6 Å². The first-order valence-corrected chi connectivity index (χ1v) is 9.91. The van der Waals surface area contributed by atoms with E-state index in [0.717, 1.165) is 22.4 Å². The third-order valence-electron chi connectivity index (χ3n) is 4.09. The van der Waals surface area contributed by atoms with Gasteiger partial charge in [0.1, 0.15) is 0 Å². The largest absolute Gasteiger partial charge is 0.376 e. The Kier molecular flexibility index (Phi) is 6.39. The summed E-state index contributed by atoms with van der Waals surface area (Å²) in [6, 6.07) is 10.5. The third kappa shape index (κ3) is 5.57. The molecule has 0 spiro atoms. The maximum atomic E-state index is 12.0. The first kappa shape index (κ1) is 19.9. The molecule has 26 heavy (non-hydrogen) atoms. The molecule has 6 nitrogen and oxygen atoms in total. The summed E-state index contributed by atoms with van der Waals surface area (Å²) in [4.78, 5) is 12.1. The zero-order valence-electron chi connectivity index (χ0n) is 15.3. The van der Waals surface area contributed by atoms with Crippen molar-refractivity contribution < 1.29 is 13.2 Å². The molecule has 0 saturated heterocycles. The highest BCUT2D eigenvalue weighted by molar-refractivity contribution is 7.89. The molecule has 0 aliphatic carbocycles. The summed E-state index contributed by atoms with van der Waals surface area (Å²) in [5.74, 6) is -0.0921. The molecule has 2 aromatic carbocycles. The quantitative estimate of drug-likeness (QED) is 0.689. The molecule has 2 rings (SSSR count). The molecule has 2 aromatic rings. The van der Waals surface area contributed by atoms with Crippen LogP contribution in [0.25, 0.3) is 0 Å². The topological polar surface area (TPSA) is 101 Å². The lowest BCUT2D eigenvalue weighted by Crippen LogP contribution is -2.31. The van der Waals surface area contributed by atoms with E-state index in [1.54, 1.807) is 12.1 Å². The summed E-state index contributed by atoms with van der Waals surface area (Å²) in [6.07, 6.45) is 0.610. The third-order valence-corrected chi connectivity index (χ3v) is 5.02. The van der Waals surface area contributed by atoms with Gasteiger partial charge in [-0.2, -0.15) is 0 Å². The van der Waals surface area contributed by atoms with E-state index in [1.807, 2.05) is 20.8 Å². The van der Waals surface area contributed by atoms with Crippen LogP contribution in [-0.4, -0.2) is 27.4 Å². The van der Waals surface area contributed by atoms with Crippen molar-refractivity contribution in [1.29, 1.82) is 0 Å². The Hall–Kier alpha value is -2.38. The Morgan fingerprint density at radius 3 is 2.15 bits per heavy atom. The van der Waals surface area contributed by atoms with E-state index in [2.05, 4.69) is 22.8 Å². The minimum absolute atomic E-state index is 0.0818. The van der Waals surface area contributed by atoms with E-state index in [1.165, 1.54) is 17.7 Å². The molecule has 0 saturated carbocycles. The van der Waals surface area contributed by atoms with Crippen LogP contribution >= 0.6 is 0 Å². The number of nitrogens with one attached hydrogen (secondary N) is 2. The molecule has 0 aliphatic rings. The summed E-state index contributed by atoms with van der Waals surface area (Å²) in [6.45, 7) is 6.76. The van der Waals surface area contributed by atoms with Gasteiger partial charge >= 0.3 is 0 Å². The molecule has 1 amide bonds. The van der Waals surface area contributed by atoms with E-state index in [-0.39, 0.29) is 17.3 Å². The predicted molar refractivity (Wildman–Crippen MR) is 104 cm³/mol. The van der Waals surface area contributed by atoms with Crippen molar-refractivity contribution in [3.8, 4) is 0 Å². The maximum absolute atomic E-state index is 12.0. The summed E-state index contributed by atoms with van der Waals surface area (Å²) < 4.78 is 22.4. The van der Waals surface area contributed by atoms with Crippen LogP contribution in [-0.2, 0) is 21.2 Å². The summed E-state index contributed by atoms with van der Waals surface area (Å²) in [5, 5.41) is 11.1. The molecule has 0 fully saturated rings. The normalized spacial score (nSPS) is 11.2. The van der Waals surface area contributed by atoms with Crippen molar-refractivity contribution in [2.75, 3.05) is 18.4 Å². The van der Waals surface area contributed by atoms with Gasteiger partial charge in [0.25, 0.3) is 0 Å². The number of sulfonamides is 1. The summed E-state index contributed by atoms with van der Waals surface area (Å²) in [5.41, 5.74) is 5.35. The van der Waals surface area contributed by atoms with Crippen LogP contribution in [0.1, 0.15) is 22.3 Å². The molecule has 140 valence electrons. The lowest BCUT2D eigenvalue weighted by atomic mass is 10.1. The standard InChI is InChI=1S/C19H25N3O3S/c1-13-10-14(2)19(15(3)11-13)22-12-18(23)21-9-8-16-4-6-17(7-5-16)26(20,24)25/h4-7,10-11,22H,8-9,12H2,1-3H3,(H,21,23)(H2,20,24,25). The zero-order chi connectivity index (χ0) is 19.3. The summed E-state index contributed by atoms with van der Waals surface area (Å²) in [7, 11) is -3.68. The molecular weight excluding hydrogens is 350 g/mol. The van der Waals surface area contributed by atoms with Crippen molar-refractivity contribution in [2.45, 2.75) is 32.1 Å². The van der Waals surface area contributed by atoms with Crippen LogP contribution in [0.15, 0.2) is 41.3 Å². The highest BCUT2D eigenvalue weighted by Crippen LogP contribution is 2.21. The van der Waals surface area contributed by atoms with Gasteiger partial charge in [0.05, 0.1) is 11.4 Å². The van der Waals surface area contributed by atoms with Crippen LogP contribution in [0.2, 0.25) is 0 Å². The van der Waals surface area contributed by atoms with Crippen LogP contribution < -0.4 is 15.8 Å². The highest BCUT2D eigenvalue weighted by Gasteiger charge is 2.08. The average Bonchev–Trinajstić information content (AvgIpc) is 2.53. The lowest BCUT2D eigenvalue weighted by molar-refractivity contribution is -0.119. The molecule has 0 aromatic heterocycles. The van der Waals surface area contributed by atoms with E-state index in [0.29, 0.717) is 13.0 Å². The van der Waals surface area contributed by atoms with E-state index in [4.69, 9.17) is 5.14 Å². The number of rotatable bonds is 7. The number of carbonyl (C=O) groups excluding carboxylic acids is 1. The van der Waals surface area contributed by atoms with Gasteiger partial charge in [-0.05, 0) is 56.0 Å². The molecule has 7 heteroatoms. The zero-order valence-corrected chi connectivity index (χ0v) is 16.1. The Morgan fingerprint density at radius 2 is 1.62 bits per heavy atom. The van der Waals surface area contributed by atoms with Gasteiger partial charge in [-0.3, -0.25) is 4.79 Å². The number of amides is 1. The monoisotopic (exact) mass is 375 g/mol. The molecular formula is C19H25N3O3S. The van der Waals surface area contributed by atoms with Gasteiger partial charge in [0.15, 0.2) is 0 Å². The van der Waals surface area contributed by atoms with Crippen LogP contribution in [0.3, 0.4) is 0 Å². The molecule has 0 bridgehead atoms. The number of hydrogen-bond acceptors (Lipinski definition) is 4. The molecule has 4 N–H and O–H groups in total. The Morgan fingerprint density at radius 1 is 1.04 bits per heavy atom. The molecule has 0 radical (unpaired) electrons. The molecule has 0 atom stereocenters. The fraction of sp³-hybridized carbons (Fsp3) is 0.316. The molecule has 0 heterocycles. The van der Waals surface area contributed by atoms with E-state index in [9.17, 15) is 13.2 Å². The average molecular weight is 375 g/mol. The maximum Gasteiger partial charge on any atom is 0.239 e. The second-order valence-electron chi connectivity index (χ2n) is 6.42. The van der Waals surface area contributed by atoms with E-state index >= 15 is 0 Å². The fourth-order valence-electron chi connectivity index (χ4n) is 2.88. The number of nitrogens with two attached hydrogens (primary N) is 1. The molecule has 0 aliphatic heterocycles. The van der Waals surface area contributed by atoms with Crippen molar-refractivity contribution in [1.82, 2.24) is 5.32 Å². The number of carbonyl (C=O) groups is 1. The number of anilines is 1. The minimum atomic E-state index is -3.68. The fourth-order valence-corrected chi connectivity index (χ4v) is 3.40. The number of hydrogen-bond donors (Lipinski definition) is 3. The Bertz CT molecular complexity index is 868. The van der Waals surface area contributed by atoms with Crippen LogP contribution in [0.4, 0.5) is 5.69 Å². The van der Waals surface area contributed by atoms with Gasteiger partial charge in [0, 0.05) is 12.2 Å². The SMILES string of the molecule is Cc1cc(C)c(NCC(=O)NCCc2ccc(S(N)(=O)=O)cc2)c(C)c1. The minimum Gasteiger partial charge on any atom is -0.376 e. The van der Waals surface area contributed by atoms with Crippen molar-refractivity contribution >= 4 is 21.6 Å². The first-order valence-electron chi connectivity index (χ1n) is 8.37. The number of benzene rings is 2. The van der Waals surface area contributed by atoms with Crippen LogP contribution in [0.5, 0.6) is 0 Å². The van der Waals surface area contributed by atoms with Gasteiger partial charge in [-0.15, -0.1) is 0 Å². The number of aryl methyl sites for hydroxylation is 3. The smallest absolute Gasteiger partial charge is 0.239 e. The highest BCUT2D eigenvalue weighted by atomic mass is 32.2. The Labute approximate surface area is 154 Å². The molecule has 0 unspecified atom stereocenters. The summed E-state index contributed by atoms with van der Waals surface area (Å²) >= 11 is 0. The Balaban J connectivity index is 1.81. The lowest BCUT2D eigenvalue weighted by Gasteiger charge is -2.14. The van der Waals surface area contributed by atoms with Crippen molar-refractivity contribution in [3.05, 3.63) is 58.7 Å². The second-order valence-corrected chi connectivity index (χ2v) is 7.98. The van der Waals surface area contributed by atoms with Crippen molar-refractivity contribution in [2.24, 2.45) is 5.14 Å². The second kappa shape index (κ2) is 8.33. The predicted octanol–water partition coefficient (Wildman–Crippen LogP) is 2.03. The van der Waals surface area contributed by atoms with Gasteiger partial charge in [-0.1, -0.05) is 29.8 Å². The van der Waals surface area contributed by atoms with Crippen LogP contribution in [0, 0.1) is 20.8 Å². The van der Waals surface area contributed by atoms with Crippen molar-refractivity contribution in [3.63, 3.8) is 0 Å². The number of primary sulfonamides is 1. The van der Waals surface area contributed by atoms with E-state index < -0.39 is 10.0 Å². The van der Waals surface area contributed by atoms with Gasteiger partial charge < -0.3 is 10.6 Å².